The van der Waals surface area contributed by atoms with Crippen LogP contribution in [0.4, 0.5) is 4.39 Å². The Bertz CT molecular complexity index is 575. The van der Waals surface area contributed by atoms with Crippen molar-refractivity contribution in [1.29, 1.82) is 0 Å². The van der Waals surface area contributed by atoms with Crippen LogP contribution in [-0.2, 0) is 19.5 Å². The Kier molecular flexibility index (Phi) is 5.51. The number of nitrogens with zero attached hydrogens (tertiary/aromatic N) is 2. The van der Waals surface area contributed by atoms with E-state index in [0.29, 0.717) is 12.5 Å². The van der Waals surface area contributed by atoms with Crippen molar-refractivity contribution < 1.29 is 4.39 Å². The normalized spacial score (nSPS) is 11.3. The topological polar surface area (TPSA) is 29.9 Å². The van der Waals surface area contributed by atoms with Gasteiger partial charge in [-0.1, -0.05) is 32.9 Å². The lowest BCUT2D eigenvalue weighted by Crippen LogP contribution is -2.19. The van der Waals surface area contributed by atoms with Gasteiger partial charge in [0.1, 0.15) is 5.82 Å². The minimum absolute atomic E-state index is 0.198. The number of hydrogen-bond acceptors (Lipinski definition) is 2. The van der Waals surface area contributed by atoms with Crippen LogP contribution in [0, 0.1) is 11.7 Å². The molecule has 2 rings (SSSR count). The first kappa shape index (κ1) is 15.7. The molecule has 1 N–H and O–H groups in total. The monoisotopic (exact) mass is 289 g/mol. The van der Waals surface area contributed by atoms with Gasteiger partial charge in [-0.05, 0) is 36.6 Å². The molecule has 0 fully saturated rings. The van der Waals surface area contributed by atoms with E-state index in [1.165, 1.54) is 17.3 Å². The van der Waals surface area contributed by atoms with Crippen LogP contribution in [0.3, 0.4) is 0 Å². The second-order valence-electron chi connectivity index (χ2n) is 5.78. The molecule has 4 heteroatoms. The summed E-state index contributed by atoms with van der Waals surface area (Å²) < 4.78 is 15.2. The van der Waals surface area contributed by atoms with Gasteiger partial charge < -0.3 is 5.32 Å². The van der Waals surface area contributed by atoms with Crippen molar-refractivity contribution in [3.05, 3.63) is 53.1 Å². The first-order valence-corrected chi connectivity index (χ1v) is 7.58. The molecular weight excluding hydrogens is 265 g/mol. The Morgan fingerprint density at radius 2 is 2.14 bits per heavy atom. The molecule has 1 heterocycles. The molecule has 0 bridgehead atoms. The van der Waals surface area contributed by atoms with Gasteiger partial charge in [0.25, 0.3) is 0 Å². The van der Waals surface area contributed by atoms with Gasteiger partial charge in [0.2, 0.25) is 0 Å². The quantitative estimate of drug-likeness (QED) is 0.847. The molecule has 2 aromatic rings. The van der Waals surface area contributed by atoms with Gasteiger partial charge in [0.15, 0.2) is 0 Å². The maximum Gasteiger partial charge on any atom is 0.123 e. The first-order valence-electron chi connectivity index (χ1n) is 7.58. The van der Waals surface area contributed by atoms with Gasteiger partial charge in [-0.2, -0.15) is 5.10 Å². The zero-order valence-electron chi connectivity index (χ0n) is 13.1. The largest absolute Gasteiger partial charge is 0.312 e. The Morgan fingerprint density at radius 1 is 1.33 bits per heavy atom. The Balaban J connectivity index is 2.08. The summed E-state index contributed by atoms with van der Waals surface area (Å²) in [5.74, 6) is 0.439. The number of aromatic nitrogens is 2. The van der Waals surface area contributed by atoms with Crippen molar-refractivity contribution in [3.63, 3.8) is 0 Å². The van der Waals surface area contributed by atoms with E-state index in [1.807, 2.05) is 16.9 Å². The Morgan fingerprint density at radius 3 is 2.81 bits per heavy atom. The van der Waals surface area contributed by atoms with E-state index in [4.69, 9.17) is 0 Å². The molecule has 0 aliphatic rings. The third-order valence-electron chi connectivity index (χ3n) is 3.46. The van der Waals surface area contributed by atoms with Crippen LogP contribution in [0.2, 0.25) is 0 Å². The van der Waals surface area contributed by atoms with E-state index >= 15 is 0 Å². The number of nitrogens with one attached hydrogen (secondary N) is 1. The highest BCUT2D eigenvalue weighted by atomic mass is 19.1. The van der Waals surface area contributed by atoms with Gasteiger partial charge in [-0.15, -0.1) is 0 Å². The Labute approximate surface area is 126 Å². The molecule has 0 spiro atoms. The van der Waals surface area contributed by atoms with Crippen LogP contribution >= 0.6 is 0 Å². The first-order chi connectivity index (χ1) is 10.1. The van der Waals surface area contributed by atoms with Crippen LogP contribution in [0.25, 0.3) is 0 Å². The smallest absolute Gasteiger partial charge is 0.123 e. The van der Waals surface area contributed by atoms with Gasteiger partial charge in [0.05, 0.1) is 12.7 Å². The fraction of sp³-hybridized carbons (Fsp3) is 0.471. The van der Waals surface area contributed by atoms with E-state index < -0.39 is 0 Å². The summed E-state index contributed by atoms with van der Waals surface area (Å²) in [6.45, 7) is 8.97. The SMILES string of the molecule is CCc1c(CNCC(C)C)cnn1Cc1cccc(F)c1. The molecule has 3 nitrogen and oxygen atoms in total. The summed E-state index contributed by atoms with van der Waals surface area (Å²) in [5.41, 5.74) is 3.39. The molecule has 1 aromatic carbocycles. The lowest BCUT2D eigenvalue weighted by molar-refractivity contribution is 0.549. The fourth-order valence-corrected chi connectivity index (χ4v) is 2.45. The Hall–Kier alpha value is -1.68. The van der Waals surface area contributed by atoms with Crippen LogP contribution in [0.1, 0.15) is 37.6 Å². The van der Waals surface area contributed by atoms with Gasteiger partial charge in [0, 0.05) is 17.8 Å². The molecule has 0 amide bonds. The standard InChI is InChI=1S/C17H24FN3/c1-4-17-15(10-19-9-13(2)3)11-20-21(17)12-14-6-5-7-16(18)8-14/h5-8,11,13,19H,4,9-10,12H2,1-3H3. The summed E-state index contributed by atoms with van der Waals surface area (Å²) in [7, 11) is 0. The third-order valence-corrected chi connectivity index (χ3v) is 3.46. The molecule has 0 aliphatic carbocycles. The molecule has 114 valence electrons. The maximum atomic E-state index is 13.3. The second kappa shape index (κ2) is 7.36. The predicted molar refractivity (Wildman–Crippen MR) is 83.7 cm³/mol. The summed E-state index contributed by atoms with van der Waals surface area (Å²) in [6, 6.07) is 6.71. The van der Waals surface area contributed by atoms with Crippen LogP contribution < -0.4 is 5.32 Å². The molecule has 0 aliphatic heterocycles. The van der Waals surface area contributed by atoms with Crippen LogP contribution in [0.15, 0.2) is 30.5 Å². The predicted octanol–water partition coefficient (Wildman–Crippen LogP) is 3.38. The van der Waals surface area contributed by atoms with Crippen molar-refractivity contribution >= 4 is 0 Å². The molecule has 21 heavy (non-hydrogen) atoms. The van der Waals surface area contributed by atoms with E-state index in [2.05, 4.69) is 31.2 Å². The van der Waals surface area contributed by atoms with E-state index in [1.54, 1.807) is 12.1 Å². The van der Waals surface area contributed by atoms with E-state index in [-0.39, 0.29) is 5.82 Å². The maximum absolute atomic E-state index is 13.3. The minimum Gasteiger partial charge on any atom is -0.312 e. The molecule has 0 saturated carbocycles. The van der Waals surface area contributed by atoms with Crippen molar-refractivity contribution in [2.45, 2.75) is 40.3 Å². The van der Waals surface area contributed by atoms with Crippen molar-refractivity contribution in [2.24, 2.45) is 5.92 Å². The second-order valence-corrected chi connectivity index (χ2v) is 5.78. The van der Waals surface area contributed by atoms with Crippen molar-refractivity contribution in [1.82, 2.24) is 15.1 Å². The average Bonchev–Trinajstić information content (AvgIpc) is 2.80. The molecule has 0 atom stereocenters. The van der Waals surface area contributed by atoms with Crippen molar-refractivity contribution in [2.75, 3.05) is 6.54 Å². The zero-order valence-corrected chi connectivity index (χ0v) is 13.1. The number of benzene rings is 1. The van der Waals surface area contributed by atoms with Crippen LogP contribution in [0.5, 0.6) is 0 Å². The van der Waals surface area contributed by atoms with Crippen LogP contribution in [-0.4, -0.2) is 16.3 Å². The lowest BCUT2D eigenvalue weighted by atomic mass is 10.1. The summed E-state index contributed by atoms with van der Waals surface area (Å²) in [4.78, 5) is 0. The minimum atomic E-state index is -0.198. The highest BCUT2D eigenvalue weighted by Gasteiger charge is 2.09. The highest BCUT2D eigenvalue weighted by Crippen LogP contribution is 2.13. The van der Waals surface area contributed by atoms with Crippen molar-refractivity contribution in [3.8, 4) is 0 Å². The lowest BCUT2D eigenvalue weighted by Gasteiger charge is -2.10. The highest BCUT2D eigenvalue weighted by molar-refractivity contribution is 5.21. The zero-order chi connectivity index (χ0) is 15.2. The molecule has 0 saturated heterocycles. The number of rotatable bonds is 7. The van der Waals surface area contributed by atoms with Gasteiger partial charge in [-0.25, -0.2) is 4.39 Å². The summed E-state index contributed by atoms with van der Waals surface area (Å²) in [6.07, 6.45) is 2.85. The third kappa shape index (κ3) is 4.39. The number of halogens is 1. The molecule has 0 unspecified atom stereocenters. The molecule has 1 aromatic heterocycles. The molecule has 0 radical (unpaired) electrons. The van der Waals surface area contributed by atoms with E-state index in [9.17, 15) is 4.39 Å². The summed E-state index contributed by atoms with van der Waals surface area (Å²) in [5, 5.41) is 7.91. The van der Waals surface area contributed by atoms with Gasteiger partial charge >= 0.3 is 0 Å². The fourth-order valence-electron chi connectivity index (χ4n) is 2.45. The summed E-state index contributed by atoms with van der Waals surface area (Å²) >= 11 is 0. The van der Waals surface area contributed by atoms with Gasteiger partial charge in [-0.3, -0.25) is 4.68 Å². The number of hydrogen-bond donors (Lipinski definition) is 1. The van der Waals surface area contributed by atoms with E-state index in [0.717, 1.165) is 25.1 Å². The molecular formula is C17H24FN3. The average molecular weight is 289 g/mol.